The van der Waals surface area contributed by atoms with Crippen LogP contribution in [0.4, 0.5) is 0 Å². The lowest BCUT2D eigenvalue weighted by molar-refractivity contribution is 0.322. The summed E-state index contributed by atoms with van der Waals surface area (Å²) in [7, 11) is 4.88. The van der Waals surface area contributed by atoms with Crippen molar-refractivity contribution in [3.63, 3.8) is 0 Å². The van der Waals surface area contributed by atoms with Gasteiger partial charge in [0.25, 0.3) is 0 Å². The minimum Gasteiger partial charge on any atom is -0.493 e. The summed E-state index contributed by atoms with van der Waals surface area (Å²) < 4.78 is 16.4. The monoisotopic (exact) mass is 399 g/mol. The van der Waals surface area contributed by atoms with Gasteiger partial charge in [-0.05, 0) is 37.8 Å². The Morgan fingerprint density at radius 1 is 0.862 bits per heavy atom. The van der Waals surface area contributed by atoms with Gasteiger partial charge in [0, 0.05) is 25.2 Å². The van der Waals surface area contributed by atoms with E-state index < -0.39 is 0 Å². The van der Waals surface area contributed by atoms with Crippen molar-refractivity contribution in [3.8, 4) is 17.2 Å². The highest BCUT2D eigenvalue weighted by Crippen LogP contribution is 2.39. The molecule has 6 nitrogen and oxygen atoms in total. The molecule has 0 atom stereocenters. The lowest BCUT2D eigenvalue weighted by atomic mass is 10.1. The molecule has 6 heteroatoms. The number of benzene rings is 2. The van der Waals surface area contributed by atoms with E-state index >= 15 is 0 Å². The zero-order chi connectivity index (χ0) is 20.9. The summed E-state index contributed by atoms with van der Waals surface area (Å²) in [4.78, 5) is 4.68. The number of aryl methyl sites for hydroxylation is 1. The smallest absolute Gasteiger partial charge is 0.203 e. The van der Waals surface area contributed by atoms with E-state index in [0.29, 0.717) is 17.2 Å². The molecular formula is C23H33N3O3. The van der Waals surface area contributed by atoms with E-state index in [1.54, 1.807) is 21.3 Å². The molecule has 0 aliphatic carbocycles. The molecule has 0 aromatic heterocycles. The van der Waals surface area contributed by atoms with Crippen LogP contribution in [-0.4, -0.2) is 46.9 Å². The van der Waals surface area contributed by atoms with Crippen molar-refractivity contribution < 1.29 is 14.2 Å². The van der Waals surface area contributed by atoms with Crippen LogP contribution in [0, 0.1) is 0 Å². The van der Waals surface area contributed by atoms with Crippen molar-refractivity contribution in [2.24, 2.45) is 4.99 Å². The summed E-state index contributed by atoms with van der Waals surface area (Å²) in [5.74, 6) is 2.82. The normalized spacial score (nSPS) is 11.1. The van der Waals surface area contributed by atoms with Crippen molar-refractivity contribution in [1.82, 2.24) is 10.6 Å². The van der Waals surface area contributed by atoms with Crippen molar-refractivity contribution in [2.45, 2.75) is 26.2 Å². The first-order valence-electron chi connectivity index (χ1n) is 10.1. The topological polar surface area (TPSA) is 64.1 Å². The third-order valence-electron chi connectivity index (χ3n) is 4.55. The van der Waals surface area contributed by atoms with Gasteiger partial charge in [0.15, 0.2) is 17.5 Å². The van der Waals surface area contributed by atoms with Crippen LogP contribution < -0.4 is 24.8 Å². The number of guanidine groups is 1. The summed E-state index contributed by atoms with van der Waals surface area (Å²) in [6, 6.07) is 14.4. The zero-order valence-electron chi connectivity index (χ0n) is 18.0. The van der Waals surface area contributed by atoms with Crippen LogP contribution in [0.5, 0.6) is 17.2 Å². The van der Waals surface area contributed by atoms with Gasteiger partial charge in [-0.15, -0.1) is 0 Å². The quantitative estimate of drug-likeness (QED) is 0.344. The number of methoxy groups -OCH3 is 3. The van der Waals surface area contributed by atoms with Gasteiger partial charge >= 0.3 is 0 Å². The predicted octanol–water partition coefficient (Wildman–Crippen LogP) is 3.44. The molecule has 0 aliphatic rings. The molecular weight excluding hydrogens is 366 g/mol. The van der Waals surface area contributed by atoms with E-state index in [2.05, 4.69) is 46.8 Å². The van der Waals surface area contributed by atoms with Gasteiger partial charge in [-0.1, -0.05) is 36.4 Å². The first-order valence-corrected chi connectivity index (χ1v) is 10.1. The molecule has 0 fully saturated rings. The zero-order valence-corrected chi connectivity index (χ0v) is 18.0. The molecule has 29 heavy (non-hydrogen) atoms. The number of hydrogen-bond donors (Lipinski definition) is 2. The van der Waals surface area contributed by atoms with Gasteiger partial charge in [0.05, 0.1) is 21.3 Å². The molecule has 0 unspecified atom stereocenters. The molecule has 2 rings (SSSR count). The number of nitrogens with zero attached hydrogens (tertiary/aromatic N) is 1. The molecule has 0 bridgehead atoms. The summed E-state index contributed by atoms with van der Waals surface area (Å²) in [5.41, 5.74) is 2.40. The summed E-state index contributed by atoms with van der Waals surface area (Å²) >= 11 is 0. The average Bonchev–Trinajstić information content (AvgIpc) is 2.76. The Bertz CT molecular complexity index is 763. The largest absolute Gasteiger partial charge is 0.493 e. The molecule has 0 saturated carbocycles. The molecule has 2 aromatic carbocycles. The maximum absolute atomic E-state index is 5.56. The van der Waals surface area contributed by atoms with E-state index in [1.807, 2.05) is 18.2 Å². The third-order valence-corrected chi connectivity index (χ3v) is 4.55. The van der Waals surface area contributed by atoms with E-state index in [1.165, 1.54) is 5.56 Å². The Hall–Kier alpha value is -2.89. The van der Waals surface area contributed by atoms with Crippen LogP contribution in [0.2, 0.25) is 0 Å². The minimum absolute atomic E-state index is 0.619. The van der Waals surface area contributed by atoms with Gasteiger partial charge in [-0.2, -0.15) is 0 Å². The molecule has 0 amide bonds. The number of nitrogens with one attached hydrogen (secondary N) is 2. The lowest BCUT2D eigenvalue weighted by Crippen LogP contribution is -2.38. The molecule has 0 radical (unpaired) electrons. The summed E-state index contributed by atoms with van der Waals surface area (Å²) in [5, 5.41) is 6.70. The Morgan fingerprint density at radius 3 is 2.28 bits per heavy atom. The first kappa shape index (κ1) is 22.4. The van der Waals surface area contributed by atoms with Crippen LogP contribution in [0.3, 0.4) is 0 Å². The number of ether oxygens (including phenoxy) is 3. The highest BCUT2D eigenvalue weighted by Gasteiger charge is 2.15. The second-order valence-corrected chi connectivity index (χ2v) is 6.52. The molecule has 2 aromatic rings. The van der Waals surface area contributed by atoms with Crippen molar-refractivity contribution in [3.05, 3.63) is 53.6 Å². The van der Waals surface area contributed by atoms with Crippen LogP contribution >= 0.6 is 0 Å². The van der Waals surface area contributed by atoms with Crippen LogP contribution in [-0.2, 0) is 12.8 Å². The van der Waals surface area contributed by atoms with E-state index in [0.717, 1.165) is 50.4 Å². The second kappa shape index (κ2) is 12.5. The summed E-state index contributed by atoms with van der Waals surface area (Å²) in [6.07, 6.45) is 2.83. The van der Waals surface area contributed by atoms with Crippen LogP contribution in [0.1, 0.15) is 24.5 Å². The fourth-order valence-electron chi connectivity index (χ4n) is 3.14. The fraction of sp³-hybridized carbons (Fsp3) is 0.435. The lowest BCUT2D eigenvalue weighted by Gasteiger charge is -2.16. The van der Waals surface area contributed by atoms with Gasteiger partial charge in [-0.25, -0.2) is 0 Å². The van der Waals surface area contributed by atoms with Gasteiger partial charge < -0.3 is 24.8 Å². The third kappa shape index (κ3) is 6.89. The van der Waals surface area contributed by atoms with Crippen molar-refractivity contribution in [1.29, 1.82) is 0 Å². The van der Waals surface area contributed by atoms with Gasteiger partial charge in [0.2, 0.25) is 5.75 Å². The van der Waals surface area contributed by atoms with Crippen molar-refractivity contribution in [2.75, 3.05) is 41.0 Å². The highest BCUT2D eigenvalue weighted by molar-refractivity contribution is 5.79. The van der Waals surface area contributed by atoms with E-state index in [9.17, 15) is 0 Å². The number of hydrogen-bond acceptors (Lipinski definition) is 4. The van der Waals surface area contributed by atoms with E-state index in [-0.39, 0.29) is 0 Å². The minimum atomic E-state index is 0.619. The average molecular weight is 400 g/mol. The Morgan fingerprint density at radius 2 is 1.62 bits per heavy atom. The molecule has 0 spiro atoms. The standard InChI is InChI=1S/C23H33N3O3/c1-5-24-23(25-16-9-12-18-10-7-6-8-11-18)26-17-15-19-13-14-20(27-2)22(29-4)21(19)28-3/h6-8,10-11,13-14H,5,9,12,15-17H2,1-4H3,(H2,24,25,26). The Labute approximate surface area is 174 Å². The van der Waals surface area contributed by atoms with Crippen LogP contribution in [0.15, 0.2) is 47.5 Å². The predicted molar refractivity (Wildman–Crippen MR) is 119 cm³/mol. The van der Waals surface area contributed by atoms with Gasteiger partial charge in [0.1, 0.15) is 0 Å². The fourth-order valence-corrected chi connectivity index (χ4v) is 3.14. The van der Waals surface area contributed by atoms with Crippen LogP contribution in [0.25, 0.3) is 0 Å². The maximum Gasteiger partial charge on any atom is 0.203 e. The molecule has 0 aliphatic heterocycles. The number of aliphatic imine (C=N–C) groups is 1. The maximum atomic E-state index is 5.56. The second-order valence-electron chi connectivity index (χ2n) is 6.52. The Balaban J connectivity index is 1.90. The highest BCUT2D eigenvalue weighted by atomic mass is 16.5. The molecule has 158 valence electrons. The number of rotatable bonds is 11. The first-order chi connectivity index (χ1) is 14.2. The Kier molecular flexibility index (Phi) is 9.69. The van der Waals surface area contributed by atoms with Gasteiger partial charge in [-0.3, -0.25) is 4.99 Å². The molecule has 0 saturated heterocycles. The SMILES string of the molecule is CCNC(=NCCCc1ccccc1)NCCc1ccc(OC)c(OC)c1OC. The van der Waals surface area contributed by atoms with Crippen molar-refractivity contribution >= 4 is 5.96 Å². The summed E-state index contributed by atoms with van der Waals surface area (Å²) in [6.45, 7) is 4.41. The van der Waals surface area contributed by atoms with E-state index in [4.69, 9.17) is 14.2 Å². The molecule has 2 N–H and O–H groups in total. The molecule has 0 heterocycles.